The van der Waals surface area contributed by atoms with Gasteiger partial charge in [-0.2, -0.15) is 0 Å². The molecule has 0 aliphatic carbocycles. The molecule has 6 heteroatoms. The molecule has 0 radical (unpaired) electrons. The standard InChI is InChI=1S/C26H26N4OS/c1-17-16-21(18(2)30(17)23-12-7-9-19-8-3-4-10-20(19)23)25-24(22-11-5-6-13-27-22)28-26(32)29(25)14-15-31/h3-13,16,24-25,31H,14-15H2,1-2H3,(H,28,32)/t24-,25-/m0/s1. The fourth-order valence-electron chi connectivity index (χ4n) is 4.95. The van der Waals surface area contributed by atoms with Gasteiger partial charge in [-0.1, -0.05) is 42.5 Å². The summed E-state index contributed by atoms with van der Waals surface area (Å²) in [4.78, 5) is 6.69. The van der Waals surface area contributed by atoms with Gasteiger partial charge in [-0.3, -0.25) is 4.98 Å². The molecule has 4 aromatic rings. The summed E-state index contributed by atoms with van der Waals surface area (Å²) in [5.74, 6) is 0. The van der Waals surface area contributed by atoms with E-state index in [1.54, 1.807) is 0 Å². The van der Waals surface area contributed by atoms with Gasteiger partial charge >= 0.3 is 0 Å². The third kappa shape index (κ3) is 3.36. The summed E-state index contributed by atoms with van der Waals surface area (Å²) in [6.07, 6.45) is 1.81. The van der Waals surface area contributed by atoms with Gasteiger partial charge in [0.1, 0.15) is 0 Å². The minimum absolute atomic E-state index is 0.0370. The Morgan fingerprint density at radius 1 is 1.03 bits per heavy atom. The number of thiocarbonyl (C=S) groups is 1. The monoisotopic (exact) mass is 442 g/mol. The first-order valence-corrected chi connectivity index (χ1v) is 11.3. The number of aliphatic hydroxyl groups is 1. The summed E-state index contributed by atoms with van der Waals surface area (Å²) in [5.41, 5.74) is 5.62. The molecule has 0 spiro atoms. The van der Waals surface area contributed by atoms with Gasteiger partial charge in [-0.15, -0.1) is 0 Å². The molecule has 0 unspecified atom stereocenters. The predicted molar refractivity (Wildman–Crippen MR) is 132 cm³/mol. The molecule has 0 amide bonds. The number of aromatic nitrogens is 2. The van der Waals surface area contributed by atoms with Crippen molar-refractivity contribution in [2.24, 2.45) is 0 Å². The molecule has 1 aliphatic rings. The van der Waals surface area contributed by atoms with Gasteiger partial charge in [0.25, 0.3) is 0 Å². The Kier molecular flexibility index (Phi) is 5.41. The first-order chi connectivity index (χ1) is 15.6. The molecule has 0 saturated carbocycles. The molecule has 3 heterocycles. The second kappa shape index (κ2) is 8.37. The van der Waals surface area contributed by atoms with Crippen LogP contribution in [0.15, 0.2) is 72.9 Å². The number of nitrogens with one attached hydrogen (secondary N) is 1. The summed E-state index contributed by atoms with van der Waals surface area (Å²) >= 11 is 5.67. The predicted octanol–water partition coefficient (Wildman–Crippen LogP) is 4.61. The summed E-state index contributed by atoms with van der Waals surface area (Å²) in [6.45, 7) is 4.82. The number of fused-ring (bicyclic) bond motifs is 1. The van der Waals surface area contributed by atoms with Gasteiger partial charge < -0.3 is 19.9 Å². The minimum Gasteiger partial charge on any atom is -0.395 e. The van der Waals surface area contributed by atoms with E-state index in [-0.39, 0.29) is 18.7 Å². The van der Waals surface area contributed by atoms with Gasteiger partial charge in [-0.05, 0) is 61.3 Å². The molecule has 1 saturated heterocycles. The molecule has 5 nitrogen and oxygen atoms in total. The first-order valence-electron chi connectivity index (χ1n) is 10.9. The third-order valence-electron chi connectivity index (χ3n) is 6.34. The van der Waals surface area contributed by atoms with E-state index in [0.29, 0.717) is 11.7 Å². The number of rotatable bonds is 5. The Bertz CT molecular complexity index is 1280. The molecular formula is C26H26N4OS. The van der Waals surface area contributed by atoms with Crippen molar-refractivity contribution in [3.05, 3.63) is 95.6 Å². The van der Waals surface area contributed by atoms with Crippen molar-refractivity contribution < 1.29 is 5.11 Å². The van der Waals surface area contributed by atoms with Crippen LogP contribution in [0.2, 0.25) is 0 Å². The second-order valence-corrected chi connectivity index (χ2v) is 8.59. The molecule has 5 rings (SSSR count). The fourth-order valence-corrected chi connectivity index (χ4v) is 5.29. The Labute approximate surface area is 193 Å². The number of benzene rings is 2. The molecular weight excluding hydrogens is 416 g/mol. The Hall–Kier alpha value is -3.22. The van der Waals surface area contributed by atoms with E-state index in [1.165, 1.54) is 27.7 Å². The van der Waals surface area contributed by atoms with Gasteiger partial charge in [-0.25, -0.2) is 0 Å². The smallest absolute Gasteiger partial charge is 0.170 e. The van der Waals surface area contributed by atoms with Crippen LogP contribution in [0.3, 0.4) is 0 Å². The molecule has 162 valence electrons. The zero-order valence-electron chi connectivity index (χ0n) is 18.2. The Morgan fingerprint density at radius 2 is 1.81 bits per heavy atom. The van der Waals surface area contributed by atoms with Crippen LogP contribution >= 0.6 is 12.2 Å². The van der Waals surface area contributed by atoms with Crippen molar-refractivity contribution in [2.75, 3.05) is 13.2 Å². The number of aliphatic hydroxyl groups excluding tert-OH is 1. The minimum atomic E-state index is -0.0864. The van der Waals surface area contributed by atoms with Crippen molar-refractivity contribution in [1.29, 1.82) is 0 Å². The van der Waals surface area contributed by atoms with Crippen LogP contribution in [-0.2, 0) is 0 Å². The first kappa shape index (κ1) is 20.7. The van der Waals surface area contributed by atoms with E-state index in [2.05, 4.69) is 82.1 Å². The average molecular weight is 443 g/mol. The van der Waals surface area contributed by atoms with Crippen LogP contribution in [0.4, 0.5) is 0 Å². The molecule has 1 aliphatic heterocycles. The topological polar surface area (TPSA) is 53.3 Å². The lowest BCUT2D eigenvalue weighted by Gasteiger charge is -2.27. The van der Waals surface area contributed by atoms with Crippen molar-refractivity contribution in [3.63, 3.8) is 0 Å². The lowest BCUT2D eigenvalue weighted by Crippen LogP contribution is -2.32. The maximum absolute atomic E-state index is 9.74. The van der Waals surface area contributed by atoms with E-state index in [9.17, 15) is 5.11 Å². The SMILES string of the molecule is Cc1cc([C@H]2[C@H](c3ccccn3)NC(=S)N2CCO)c(C)n1-c1cccc2ccccc12. The van der Waals surface area contributed by atoms with Crippen LogP contribution in [0.5, 0.6) is 0 Å². The number of hydrogen-bond acceptors (Lipinski definition) is 3. The third-order valence-corrected chi connectivity index (χ3v) is 6.69. The van der Waals surface area contributed by atoms with Crippen LogP contribution in [0, 0.1) is 13.8 Å². The van der Waals surface area contributed by atoms with E-state index in [0.717, 1.165) is 11.4 Å². The van der Waals surface area contributed by atoms with E-state index >= 15 is 0 Å². The molecule has 2 N–H and O–H groups in total. The molecule has 1 fully saturated rings. The Balaban J connectivity index is 1.67. The summed E-state index contributed by atoms with van der Waals surface area (Å²) in [6, 6.07) is 23.0. The van der Waals surface area contributed by atoms with Crippen LogP contribution < -0.4 is 5.32 Å². The maximum atomic E-state index is 9.74. The second-order valence-electron chi connectivity index (χ2n) is 8.20. The number of β-amino-alcohol motifs (C(OH)–C–C–N with tert-alkyl or cyclic N) is 1. The maximum Gasteiger partial charge on any atom is 0.170 e. The zero-order valence-corrected chi connectivity index (χ0v) is 19.0. The van der Waals surface area contributed by atoms with Gasteiger partial charge in [0.05, 0.1) is 30.1 Å². The van der Waals surface area contributed by atoms with E-state index in [4.69, 9.17) is 12.2 Å². The van der Waals surface area contributed by atoms with E-state index in [1.807, 2.05) is 24.4 Å². The number of aryl methyl sites for hydroxylation is 1. The summed E-state index contributed by atoms with van der Waals surface area (Å²) < 4.78 is 2.33. The van der Waals surface area contributed by atoms with Crippen LogP contribution in [0.1, 0.15) is 34.7 Å². The Morgan fingerprint density at radius 3 is 2.59 bits per heavy atom. The lowest BCUT2D eigenvalue weighted by atomic mass is 9.97. The normalized spacial score (nSPS) is 18.3. The van der Waals surface area contributed by atoms with Gasteiger partial charge in [0.2, 0.25) is 0 Å². The quantitative estimate of drug-likeness (QED) is 0.442. The molecule has 32 heavy (non-hydrogen) atoms. The average Bonchev–Trinajstić information content (AvgIpc) is 3.29. The molecule has 2 aromatic carbocycles. The highest BCUT2D eigenvalue weighted by atomic mass is 32.1. The molecule has 2 atom stereocenters. The summed E-state index contributed by atoms with van der Waals surface area (Å²) in [5, 5.41) is 16.3. The van der Waals surface area contributed by atoms with Crippen molar-refractivity contribution in [3.8, 4) is 5.69 Å². The fraction of sp³-hybridized carbons (Fsp3) is 0.231. The van der Waals surface area contributed by atoms with E-state index < -0.39 is 0 Å². The highest BCUT2D eigenvalue weighted by Crippen LogP contribution is 2.41. The number of nitrogens with zero attached hydrogens (tertiary/aromatic N) is 3. The zero-order chi connectivity index (χ0) is 22.2. The van der Waals surface area contributed by atoms with Gasteiger partial charge in [0.15, 0.2) is 5.11 Å². The largest absolute Gasteiger partial charge is 0.395 e. The van der Waals surface area contributed by atoms with Crippen molar-refractivity contribution >= 4 is 28.1 Å². The number of hydrogen-bond donors (Lipinski definition) is 2. The highest BCUT2D eigenvalue weighted by Gasteiger charge is 2.41. The van der Waals surface area contributed by atoms with Crippen molar-refractivity contribution in [1.82, 2.24) is 19.8 Å². The highest BCUT2D eigenvalue weighted by molar-refractivity contribution is 7.80. The van der Waals surface area contributed by atoms with Crippen molar-refractivity contribution in [2.45, 2.75) is 25.9 Å². The van der Waals surface area contributed by atoms with Crippen LogP contribution in [0.25, 0.3) is 16.5 Å². The molecule has 2 aromatic heterocycles. The van der Waals surface area contributed by atoms with Gasteiger partial charge in [0, 0.05) is 29.5 Å². The van der Waals surface area contributed by atoms with Crippen LogP contribution in [-0.4, -0.2) is 37.8 Å². The number of pyridine rings is 1. The lowest BCUT2D eigenvalue weighted by molar-refractivity contribution is 0.223. The molecule has 0 bridgehead atoms. The summed E-state index contributed by atoms with van der Waals surface area (Å²) in [7, 11) is 0.